The summed E-state index contributed by atoms with van der Waals surface area (Å²) < 4.78 is 43.2. The van der Waals surface area contributed by atoms with Crippen LogP contribution in [0.3, 0.4) is 0 Å². The van der Waals surface area contributed by atoms with E-state index in [1.807, 2.05) is 0 Å². The first-order valence-electron chi connectivity index (χ1n) is 7.10. The van der Waals surface area contributed by atoms with Gasteiger partial charge in [-0.25, -0.2) is 0 Å². The molecular weight excluding hydrogens is 319 g/mol. The lowest BCUT2D eigenvalue weighted by Crippen LogP contribution is -2.15. The number of halogens is 3. The minimum absolute atomic E-state index is 0.347. The summed E-state index contributed by atoms with van der Waals surface area (Å²) in [5.41, 5.74) is 0.988. The Labute approximate surface area is 137 Å². The minimum atomic E-state index is -4.40. The molecule has 0 radical (unpaired) electrons. The molecule has 3 nitrogen and oxygen atoms in total. The van der Waals surface area contributed by atoms with E-state index in [4.69, 9.17) is 4.74 Å². The van der Waals surface area contributed by atoms with E-state index < -0.39 is 11.7 Å². The van der Waals surface area contributed by atoms with E-state index in [0.29, 0.717) is 22.4 Å². The quantitative estimate of drug-likeness (QED) is 0.861. The van der Waals surface area contributed by atoms with Gasteiger partial charge in [-0.3, -0.25) is 4.79 Å². The number of hydrogen-bond donors (Lipinski definition) is 1. The maximum Gasteiger partial charge on any atom is 0.416 e. The third-order valence-corrected chi connectivity index (χ3v) is 3.45. The van der Waals surface area contributed by atoms with Gasteiger partial charge < -0.3 is 10.1 Å². The van der Waals surface area contributed by atoms with E-state index in [2.05, 4.69) is 5.32 Å². The number of carbonyl (C=O) groups is 1. The predicted octanol–water partition coefficient (Wildman–Crippen LogP) is 3.89. The second-order valence-corrected chi connectivity index (χ2v) is 4.98. The van der Waals surface area contributed by atoms with Crippen molar-refractivity contribution < 1.29 is 22.7 Å². The number of carbonyl (C=O) groups excluding carboxylic acids is 1. The third-order valence-electron chi connectivity index (χ3n) is 3.45. The van der Waals surface area contributed by atoms with Crippen LogP contribution in [0.4, 0.5) is 13.2 Å². The van der Waals surface area contributed by atoms with Crippen LogP contribution in [0.1, 0.15) is 16.7 Å². The molecule has 24 heavy (non-hydrogen) atoms. The van der Waals surface area contributed by atoms with Crippen molar-refractivity contribution in [1.82, 2.24) is 5.32 Å². The predicted molar refractivity (Wildman–Crippen MR) is 85.6 cm³/mol. The molecule has 0 spiro atoms. The molecule has 0 heterocycles. The van der Waals surface area contributed by atoms with Crippen LogP contribution in [0.5, 0.6) is 5.75 Å². The zero-order valence-corrected chi connectivity index (χ0v) is 13.1. The Hall–Kier alpha value is -2.76. The molecule has 6 heteroatoms. The minimum Gasteiger partial charge on any atom is -0.497 e. The van der Waals surface area contributed by atoms with Crippen molar-refractivity contribution in [1.29, 1.82) is 0 Å². The molecule has 0 saturated carbocycles. The highest BCUT2D eigenvalue weighted by Gasteiger charge is 2.30. The van der Waals surface area contributed by atoms with Crippen LogP contribution in [0, 0.1) is 0 Å². The zero-order valence-electron chi connectivity index (χ0n) is 13.1. The molecule has 0 aliphatic rings. The SMILES string of the molecule is CNC(=O)/C=C(/c1ccc(OC)cc1)c1ccc(C(F)(F)F)cc1. The number of likely N-dealkylation sites (N-methyl/N-ethyl adjacent to an activating group) is 1. The molecule has 0 fully saturated rings. The van der Waals surface area contributed by atoms with Crippen LogP contribution < -0.4 is 10.1 Å². The monoisotopic (exact) mass is 335 g/mol. The van der Waals surface area contributed by atoms with E-state index in [1.54, 1.807) is 24.3 Å². The van der Waals surface area contributed by atoms with E-state index in [0.717, 1.165) is 12.1 Å². The highest BCUT2D eigenvalue weighted by atomic mass is 19.4. The highest BCUT2D eigenvalue weighted by molar-refractivity contribution is 5.99. The number of nitrogens with one attached hydrogen (secondary N) is 1. The van der Waals surface area contributed by atoms with Crippen molar-refractivity contribution in [2.45, 2.75) is 6.18 Å². The Morgan fingerprint density at radius 2 is 1.50 bits per heavy atom. The molecule has 0 aliphatic heterocycles. The van der Waals surface area contributed by atoms with Crippen molar-refractivity contribution in [3.8, 4) is 5.75 Å². The number of hydrogen-bond acceptors (Lipinski definition) is 2. The first-order chi connectivity index (χ1) is 11.3. The number of rotatable bonds is 4. The number of amides is 1. The van der Waals surface area contributed by atoms with Gasteiger partial charge in [0.2, 0.25) is 5.91 Å². The summed E-state index contributed by atoms with van der Waals surface area (Å²) in [6.45, 7) is 0. The molecule has 1 N–H and O–H groups in total. The Balaban J connectivity index is 2.46. The van der Waals surface area contributed by atoms with Gasteiger partial charge in [0.15, 0.2) is 0 Å². The molecule has 0 aromatic heterocycles. The van der Waals surface area contributed by atoms with Crippen LogP contribution >= 0.6 is 0 Å². The van der Waals surface area contributed by atoms with Gasteiger partial charge >= 0.3 is 6.18 Å². The van der Waals surface area contributed by atoms with Gasteiger partial charge in [0.05, 0.1) is 12.7 Å². The second kappa shape index (κ2) is 7.21. The first kappa shape index (κ1) is 17.6. The molecule has 126 valence electrons. The molecule has 0 saturated heterocycles. The van der Waals surface area contributed by atoms with Gasteiger partial charge in [-0.2, -0.15) is 13.2 Å². The largest absolute Gasteiger partial charge is 0.497 e. The maximum atomic E-state index is 12.7. The van der Waals surface area contributed by atoms with Gasteiger partial charge in [0, 0.05) is 13.1 Å². The number of methoxy groups -OCH3 is 1. The average Bonchev–Trinajstić information content (AvgIpc) is 2.59. The molecular formula is C18H16F3NO2. The summed E-state index contributed by atoms with van der Waals surface area (Å²) in [5, 5.41) is 2.47. The normalized spacial score (nSPS) is 12.0. The lowest BCUT2D eigenvalue weighted by Gasteiger charge is -2.11. The fourth-order valence-corrected chi connectivity index (χ4v) is 2.15. The second-order valence-electron chi connectivity index (χ2n) is 4.98. The van der Waals surface area contributed by atoms with Crippen LogP contribution in [-0.4, -0.2) is 20.1 Å². The smallest absolute Gasteiger partial charge is 0.416 e. The Morgan fingerprint density at radius 3 is 1.92 bits per heavy atom. The van der Waals surface area contributed by atoms with Crippen LogP contribution in [0.15, 0.2) is 54.6 Å². The molecule has 2 aromatic rings. The molecule has 0 atom stereocenters. The number of ether oxygens (including phenoxy) is 1. The lowest BCUT2D eigenvalue weighted by molar-refractivity contribution is -0.137. The summed E-state index contributed by atoms with van der Waals surface area (Å²) in [6, 6.07) is 11.6. The van der Waals surface area contributed by atoms with E-state index >= 15 is 0 Å². The Kier molecular flexibility index (Phi) is 5.28. The first-order valence-corrected chi connectivity index (χ1v) is 7.10. The molecule has 0 unspecified atom stereocenters. The molecule has 2 rings (SSSR count). The van der Waals surface area contributed by atoms with Crippen molar-refractivity contribution >= 4 is 11.5 Å². The van der Waals surface area contributed by atoms with Crippen LogP contribution in [0.2, 0.25) is 0 Å². The summed E-state index contributed by atoms with van der Waals surface area (Å²) in [5.74, 6) is 0.297. The third kappa shape index (κ3) is 4.16. The fourth-order valence-electron chi connectivity index (χ4n) is 2.15. The molecule has 0 bridgehead atoms. The molecule has 2 aromatic carbocycles. The number of alkyl halides is 3. The van der Waals surface area contributed by atoms with Crippen LogP contribution in [-0.2, 0) is 11.0 Å². The fraction of sp³-hybridized carbons (Fsp3) is 0.167. The summed E-state index contributed by atoms with van der Waals surface area (Å²) in [4.78, 5) is 11.7. The van der Waals surface area contributed by atoms with E-state index in [9.17, 15) is 18.0 Å². The Morgan fingerprint density at radius 1 is 1.00 bits per heavy atom. The van der Waals surface area contributed by atoms with Gasteiger partial charge in [-0.05, 0) is 41.0 Å². The summed E-state index contributed by atoms with van der Waals surface area (Å²) in [6.07, 6.45) is -3.05. The van der Waals surface area contributed by atoms with Crippen molar-refractivity contribution in [2.24, 2.45) is 0 Å². The van der Waals surface area contributed by atoms with Gasteiger partial charge in [-0.1, -0.05) is 24.3 Å². The molecule has 1 amide bonds. The zero-order chi connectivity index (χ0) is 17.7. The number of benzene rings is 2. The van der Waals surface area contributed by atoms with Crippen molar-refractivity contribution in [2.75, 3.05) is 14.2 Å². The van der Waals surface area contributed by atoms with Crippen LogP contribution in [0.25, 0.3) is 5.57 Å². The van der Waals surface area contributed by atoms with Gasteiger partial charge in [0.25, 0.3) is 0 Å². The van der Waals surface area contributed by atoms with Crippen molar-refractivity contribution in [3.05, 3.63) is 71.3 Å². The van der Waals surface area contributed by atoms with Gasteiger partial charge in [-0.15, -0.1) is 0 Å². The maximum absolute atomic E-state index is 12.7. The van der Waals surface area contributed by atoms with Gasteiger partial charge in [0.1, 0.15) is 5.75 Å². The van der Waals surface area contributed by atoms with E-state index in [-0.39, 0.29) is 5.91 Å². The molecule has 0 aliphatic carbocycles. The Bertz CT molecular complexity index is 732. The average molecular weight is 335 g/mol. The summed E-state index contributed by atoms with van der Waals surface area (Å²) in [7, 11) is 3.02. The van der Waals surface area contributed by atoms with Crippen molar-refractivity contribution in [3.63, 3.8) is 0 Å². The topological polar surface area (TPSA) is 38.3 Å². The lowest BCUT2D eigenvalue weighted by atomic mass is 9.96. The van der Waals surface area contributed by atoms with E-state index in [1.165, 1.54) is 32.4 Å². The standard InChI is InChI=1S/C18H16F3NO2/c1-22-17(23)11-16(13-5-9-15(24-2)10-6-13)12-3-7-14(8-4-12)18(19,20)21/h3-11H,1-2H3,(H,22,23)/b16-11+. The summed E-state index contributed by atoms with van der Waals surface area (Å²) >= 11 is 0. The highest BCUT2D eigenvalue weighted by Crippen LogP contribution is 2.31.